The molecule has 1 aromatic heterocycles. The third-order valence-corrected chi connectivity index (χ3v) is 4.96. The van der Waals surface area contributed by atoms with Gasteiger partial charge in [-0.05, 0) is 20.3 Å². The Hall–Kier alpha value is -1.40. The van der Waals surface area contributed by atoms with E-state index in [1.165, 1.54) is 0 Å². The number of carbonyl (C=O) groups is 1. The summed E-state index contributed by atoms with van der Waals surface area (Å²) in [7, 11) is 0. The van der Waals surface area contributed by atoms with Crippen LogP contribution in [0.1, 0.15) is 23.4 Å². The zero-order chi connectivity index (χ0) is 15.0. The molecule has 0 aromatic carbocycles. The van der Waals surface area contributed by atoms with Gasteiger partial charge in [-0.3, -0.25) is 4.79 Å². The normalized spacial score (nSPS) is 28.1. The van der Waals surface area contributed by atoms with Crippen molar-refractivity contribution in [1.82, 2.24) is 10.1 Å². The number of aryl methyl sites for hydroxylation is 2. The van der Waals surface area contributed by atoms with Gasteiger partial charge in [0.25, 0.3) is 0 Å². The van der Waals surface area contributed by atoms with Crippen molar-refractivity contribution >= 4 is 5.91 Å². The van der Waals surface area contributed by atoms with Gasteiger partial charge < -0.3 is 19.3 Å². The van der Waals surface area contributed by atoms with E-state index in [0.717, 1.165) is 17.0 Å². The van der Waals surface area contributed by atoms with Crippen LogP contribution in [0.25, 0.3) is 0 Å². The minimum absolute atomic E-state index is 0.0886. The fraction of sp³-hybridized carbons (Fsp3) is 0.733. The first-order chi connectivity index (χ1) is 10.1. The molecule has 116 valence electrons. The molecule has 1 amide bonds. The largest absolute Gasteiger partial charge is 0.396 e. The Kier molecular flexibility index (Phi) is 3.75. The van der Waals surface area contributed by atoms with Crippen molar-refractivity contribution in [2.24, 2.45) is 11.3 Å². The summed E-state index contributed by atoms with van der Waals surface area (Å²) in [6, 6.07) is 0. The number of fused-ring (bicyclic) bond motifs is 1. The van der Waals surface area contributed by atoms with Crippen LogP contribution < -0.4 is 0 Å². The predicted octanol–water partition coefficient (Wildman–Crippen LogP) is 0.691. The van der Waals surface area contributed by atoms with Crippen LogP contribution in [-0.2, 0) is 16.0 Å². The summed E-state index contributed by atoms with van der Waals surface area (Å²) in [6.45, 7) is 6.36. The van der Waals surface area contributed by atoms with Crippen molar-refractivity contribution in [2.75, 3.05) is 32.9 Å². The molecule has 0 unspecified atom stereocenters. The number of hydrogen-bond donors (Lipinski definition) is 1. The van der Waals surface area contributed by atoms with E-state index in [0.29, 0.717) is 39.1 Å². The smallest absolute Gasteiger partial charge is 0.222 e. The topological polar surface area (TPSA) is 75.8 Å². The summed E-state index contributed by atoms with van der Waals surface area (Å²) >= 11 is 0. The quantitative estimate of drug-likeness (QED) is 0.884. The number of likely N-dealkylation sites (tertiary alicyclic amines) is 1. The molecular formula is C15H22N2O4. The highest BCUT2D eigenvalue weighted by atomic mass is 16.5. The van der Waals surface area contributed by atoms with Gasteiger partial charge in [-0.2, -0.15) is 0 Å². The number of hydrogen-bond acceptors (Lipinski definition) is 5. The van der Waals surface area contributed by atoms with Gasteiger partial charge in [-0.15, -0.1) is 0 Å². The highest BCUT2D eigenvalue weighted by Crippen LogP contribution is 2.41. The number of ether oxygens (including phenoxy) is 1. The van der Waals surface area contributed by atoms with Gasteiger partial charge in [-0.1, -0.05) is 5.16 Å². The highest BCUT2D eigenvalue weighted by Gasteiger charge is 2.51. The first-order valence-corrected chi connectivity index (χ1v) is 7.44. The molecule has 0 saturated carbocycles. The molecule has 2 aliphatic rings. The van der Waals surface area contributed by atoms with Crippen LogP contribution in [-0.4, -0.2) is 54.0 Å². The van der Waals surface area contributed by atoms with Gasteiger partial charge in [0.05, 0.1) is 25.5 Å². The fourth-order valence-corrected chi connectivity index (χ4v) is 3.49. The van der Waals surface area contributed by atoms with Gasteiger partial charge in [0.15, 0.2) is 0 Å². The Balaban J connectivity index is 1.60. The van der Waals surface area contributed by atoms with Gasteiger partial charge >= 0.3 is 0 Å². The molecule has 0 spiro atoms. The van der Waals surface area contributed by atoms with Gasteiger partial charge in [0, 0.05) is 36.4 Å². The molecule has 6 heteroatoms. The Labute approximate surface area is 124 Å². The molecule has 0 bridgehead atoms. The number of aliphatic hydroxyl groups excluding tert-OH is 1. The first kappa shape index (κ1) is 14.5. The van der Waals surface area contributed by atoms with Crippen LogP contribution in [0.15, 0.2) is 4.52 Å². The van der Waals surface area contributed by atoms with E-state index in [-0.39, 0.29) is 23.8 Å². The lowest BCUT2D eigenvalue weighted by molar-refractivity contribution is -0.131. The lowest BCUT2D eigenvalue weighted by Gasteiger charge is -2.24. The molecule has 3 heterocycles. The molecule has 2 fully saturated rings. The lowest BCUT2D eigenvalue weighted by Crippen LogP contribution is -2.36. The van der Waals surface area contributed by atoms with E-state index in [9.17, 15) is 9.90 Å². The molecule has 1 aromatic rings. The molecule has 2 aliphatic heterocycles. The zero-order valence-corrected chi connectivity index (χ0v) is 12.6. The highest BCUT2D eigenvalue weighted by molar-refractivity contribution is 5.77. The standard InChI is InChI=1S/C15H22N2O4/c1-10-13(11(2)21-16-10)3-4-14(19)17-5-12-6-20-9-15(12,7-17)8-18/h12,18H,3-9H2,1-2H3/t12-,15-/m0/s1. The second-order valence-electron chi connectivity index (χ2n) is 6.31. The van der Waals surface area contributed by atoms with E-state index < -0.39 is 0 Å². The molecule has 21 heavy (non-hydrogen) atoms. The number of carbonyl (C=O) groups excluding carboxylic acids is 1. The SMILES string of the molecule is Cc1noc(C)c1CCC(=O)N1C[C@H]2COC[C@@]2(CO)C1. The third kappa shape index (κ3) is 2.46. The summed E-state index contributed by atoms with van der Waals surface area (Å²) in [4.78, 5) is 14.3. The number of nitrogens with zero attached hydrogens (tertiary/aromatic N) is 2. The Morgan fingerprint density at radius 1 is 1.52 bits per heavy atom. The predicted molar refractivity (Wildman–Crippen MR) is 74.7 cm³/mol. The zero-order valence-electron chi connectivity index (χ0n) is 12.6. The average Bonchev–Trinajstić information content (AvgIpc) is 3.10. The maximum Gasteiger partial charge on any atom is 0.222 e. The Morgan fingerprint density at radius 3 is 2.95 bits per heavy atom. The van der Waals surface area contributed by atoms with Gasteiger partial charge in [0.2, 0.25) is 5.91 Å². The number of aliphatic hydroxyl groups is 1. The summed E-state index contributed by atoms with van der Waals surface area (Å²) in [6.07, 6.45) is 1.11. The molecular weight excluding hydrogens is 272 g/mol. The average molecular weight is 294 g/mol. The van der Waals surface area contributed by atoms with Crippen LogP contribution in [0.3, 0.4) is 0 Å². The molecule has 3 rings (SSSR count). The molecule has 2 saturated heterocycles. The second kappa shape index (κ2) is 5.42. The minimum atomic E-state index is -0.237. The van der Waals surface area contributed by atoms with E-state index in [2.05, 4.69) is 5.16 Å². The summed E-state index contributed by atoms with van der Waals surface area (Å²) in [5.74, 6) is 1.20. The van der Waals surface area contributed by atoms with Crippen LogP contribution in [0.2, 0.25) is 0 Å². The maximum atomic E-state index is 12.4. The van der Waals surface area contributed by atoms with Crippen LogP contribution in [0, 0.1) is 25.2 Å². The van der Waals surface area contributed by atoms with E-state index in [1.54, 1.807) is 0 Å². The molecule has 6 nitrogen and oxygen atoms in total. The summed E-state index contributed by atoms with van der Waals surface area (Å²) in [5.41, 5.74) is 1.65. The lowest BCUT2D eigenvalue weighted by atomic mass is 9.82. The fourth-order valence-electron chi connectivity index (χ4n) is 3.49. The van der Waals surface area contributed by atoms with Crippen molar-refractivity contribution in [2.45, 2.75) is 26.7 Å². The molecule has 2 atom stereocenters. The monoisotopic (exact) mass is 294 g/mol. The molecule has 0 aliphatic carbocycles. The number of aromatic nitrogens is 1. The summed E-state index contributed by atoms with van der Waals surface area (Å²) in [5, 5.41) is 13.6. The molecule has 0 radical (unpaired) electrons. The minimum Gasteiger partial charge on any atom is -0.396 e. The maximum absolute atomic E-state index is 12.4. The van der Waals surface area contributed by atoms with E-state index >= 15 is 0 Å². The van der Waals surface area contributed by atoms with E-state index in [1.807, 2.05) is 18.7 Å². The number of rotatable bonds is 4. The van der Waals surface area contributed by atoms with Crippen molar-refractivity contribution < 1.29 is 19.2 Å². The summed E-state index contributed by atoms with van der Waals surface area (Å²) < 4.78 is 10.6. The van der Waals surface area contributed by atoms with Crippen LogP contribution >= 0.6 is 0 Å². The van der Waals surface area contributed by atoms with Crippen molar-refractivity contribution in [3.63, 3.8) is 0 Å². The van der Waals surface area contributed by atoms with Crippen LogP contribution in [0.5, 0.6) is 0 Å². The Bertz CT molecular complexity index is 522. The van der Waals surface area contributed by atoms with Crippen molar-refractivity contribution in [3.05, 3.63) is 17.0 Å². The Morgan fingerprint density at radius 2 is 2.33 bits per heavy atom. The van der Waals surface area contributed by atoms with Crippen molar-refractivity contribution in [1.29, 1.82) is 0 Å². The number of amides is 1. The van der Waals surface area contributed by atoms with Gasteiger partial charge in [0.1, 0.15) is 5.76 Å². The van der Waals surface area contributed by atoms with Gasteiger partial charge in [-0.25, -0.2) is 0 Å². The van der Waals surface area contributed by atoms with E-state index in [4.69, 9.17) is 9.26 Å². The first-order valence-electron chi connectivity index (χ1n) is 7.44. The van der Waals surface area contributed by atoms with Crippen molar-refractivity contribution in [3.8, 4) is 0 Å². The van der Waals surface area contributed by atoms with Crippen LogP contribution in [0.4, 0.5) is 0 Å². The third-order valence-electron chi connectivity index (χ3n) is 4.96. The second-order valence-corrected chi connectivity index (χ2v) is 6.31. The molecule has 1 N–H and O–H groups in total.